The zero-order valence-corrected chi connectivity index (χ0v) is 14.9. The summed E-state index contributed by atoms with van der Waals surface area (Å²) in [5.74, 6) is 0.727. The van der Waals surface area contributed by atoms with Crippen molar-refractivity contribution in [3.8, 4) is 0 Å². The first-order valence-corrected chi connectivity index (χ1v) is 8.84. The summed E-state index contributed by atoms with van der Waals surface area (Å²) in [4.78, 5) is 8.08. The van der Waals surface area contributed by atoms with Gasteiger partial charge in [0.2, 0.25) is 5.95 Å². The number of nitrogens with one attached hydrogen (secondary N) is 1. The lowest BCUT2D eigenvalue weighted by Gasteiger charge is -2.32. The van der Waals surface area contributed by atoms with Gasteiger partial charge in [0.1, 0.15) is 17.1 Å². The van der Waals surface area contributed by atoms with E-state index in [9.17, 15) is 0 Å². The number of anilines is 2. The molecule has 0 radical (unpaired) electrons. The van der Waals surface area contributed by atoms with Crippen molar-refractivity contribution >= 4 is 23.4 Å². The third kappa shape index (κ3) is 5.04. The number of nitrogen functional groups attached to an aromatic ring is 1. The summed E-state index contributed by atoms with van der Waals surface area (Å²) >= 11 is 5.97. The molecule has 1 fully saturated rings. The van der Waals surface area contributed by atoms with E-state index in [1.54, 1.807) is 6.07 Å². The van der Waals surface area contributed by atoms with E-state index in [4.69, 9.17) is 26.8 Å². The van der Waals surface area contributed by atoms with Crippen molar-refractivity contribution in [1.82, 2.24) is 9.97 Å². The molecule has 2 heterocycles. The van der Waals surface area contributed by atoms with E-state index in [1.807, 2.05) is 18.2 Å². The standard InChI is InChI=1S/C18H23ClN4O2/c1-12(21-16-11-15(19)22-18(20)23-16)17(13-5-3-2-4-6-13)25-14-7-9-24-10-8-14/h2-6,11-12,14,17H,7-10H2,1H3,(H3,20,21,22,23). The predicted octanol–water partition coefficient (Wildman–Crippen LogP) is 3.45. The van der Waals surface area contributed by atoms with Crippen molar-refractivity contribution in [3.63, 3.8) is 0 Å². The van der Waals surface area contributed by atoms with E-state index < -0.39 is 0 Å². The number of ether oxygens (including phenoxy) is 2. The molecule has 1 aromatic heterocycles. The molecular formula is C18H23ClN4O2. The molecule has 1 saturated heterocycles. The van der Waals surface area contributed by atoms with Crippen LogP contribution in [0, 0.1) is 0 Å². The minimum atomic E-state index is -0.126. The van der Waals surface area contributed by atoms with Gasteiger partial charge in [-0.05, 0) is 25.3 Å². The summed E-state index contributed by atoms with van der Waals surface area (Å²) in [5.41, 5.74) is 6.79. The monoisotopic (exact) mass is 362 g/mol. The Morgan fingerprint density at radius 2 is 1.96 bits per heavy atom. The maximum atomic E-state index is 6.42. The van der Waals surface area contributed by atoms with Crippen LogP contribution in [-0.4, -0.2) is 35.3 Å². The fourth-order valence-corrected chi connectivity index (χ4v) is 3.16. The summed E-state index contributed by atoms with van der Waals surface area (Å²) < 4.78 is 11.9. The first-order chi connectivity index (χ1) is 12.1. The van der Waals surface area contributed by atoms with Crippen molar-refractivity contribution in [3.05, 3.63) is 47.1 Å². The van der Waals surface area contributed by atoms with Crippen molar-refractivity contribution in [2.24, 2.45) is 0 Å². The van der Waals surface area contributed by atoms with Crippen molar-refractivity contribution in [2.45, 2.75) is 38.0 Å². The molecule has 25 heavy (non-hydrogen) atoms. The molecule has 0 amide bonds. The fraction of sp³-hybridized carbons (Fsp3) is 0.444. The molecule has 1 aromatic carbocycles. The molecule has 134 valence electrons. The van der Waals surface area contributed by atoms with Crippen LogP contribution in [0.2, 0.25) is 5.15 Å². The van der Waals surface area contributed by atoms with Crippen LogP contribution < -0.4 is 11.1 Å². The number of nitrogens with two attached hydrogens (primary N) is 1. The van der Waals surface area contributed by atoms with Crippen molar-refractivity contribution < 1.29 is 9.47 Å². The Morgan fingerprint density at radius 3 is 2.64 bits per heavy atom. The number of aromatic nitrogens is 2. The maximum Gasteiger partial charge on any atom is 0.223 e. The lowest BCUT2D eigenvalue weighted by Crippen LogP contribution is -2.33. The molecular weight excluding hydrogens is 340 g/mol. The Hall–Kier alpha value is -1.89. The molecule has 2 atom stereocenters. The largest absolute Gasteiger partial charge is 0.381 e. The van der Waals surface area contributed by atoms with Crippen LogP contribution in [0.5, 0.6) is 0 Å². The Kier molecular flexibility index (Phi) is 6.07. The van der Waals surface area contributed by atoms with Crippen LogP contribution in [0.4, 0.5) is 11.8 Å². The van der Waals surface area contributed by atoms with E-state index in [1.165, 1.54) is 0 Å². The lowest BCUT2D eigenvalue weighted by atomic mass is 10.0. The lowest BCUT2D eigenvalue weighted by molar-refractivity contribution is -0.0739. The Bertz CT molecular complexity index is 660. The average Bonchev–Trinajstić information content (AvgIpc) is 2.60. The Morgan fingerprint density at radius 1 is 1.24 bits per heavy atom. The van der Waals surface area contributed by atoms with Crippen LogP contribution in [-0.2, 0) is 9.47 Å². The van der Waals surface area contributed by atoms with Gasteiger partial charge in [-0.25, -0.2) is 4.98 Å². The highest BCUT2D eigenvalue weighted by molar-refractivity contribution is 6.29. The highest BCUT2D eigenvalue weighted by Gasteiger charge is 2.26. The Labute approximate surface area is 152 Å². The van der Waals surface area contributed by atoms with E-state index in [0.29, 0.717) is 11.0 Å². The number of benzene rings is 1. The first-order valence-electron chi connectivity index (χ1n) is 8.46. The Balaban J connectivity index is 1.77. The average molecular weight is 363 g/mol. The summed E-state index contributed by atoms with van der Waals surface area (Å²) in [5, 5.41) is 3.65. The molecule has 7 heteroatoms. The van der Waals surface area contributed by atoms with Crippen LogP contribution in [0.3, 0.4) is 0 Å². The maximum absolute atomic E-state index is 6.42. The molecule has 2 unspecified atom stereocenters. The van der Waals surface area contributed by atoms with Gasteiger partial charge in [-0.2, -0.15) is 4.98 Å². The number of hydrogen-bond acceptors (Lipinski definition) is 6. The van der Waals surface area contributed by atoms with Crippen LogP contribution in [0.1, 0.15) is 31.4 Å². The molecule has 6 nitrogen and oxygen atoms in total. The van der Waals surface area contributed by atoms with Gasteiger partial charge < -0.3 is 20.5 Å². The number of nitrogens with zero attached hydrogens (tertiary/aromatic N) is 2. The number of halogens is 1. The minimum Gasteiger partial charge on any atom is -0.381 e. The van der Waals surface area contributed by atoms with E-state index in [0.717, 1.165) is 31.6 Å². The van der Waals surface area contributed by atoms with Gasteiger partial charge >= 0.3 is 0 Å². The third-order valence-electron chi connectivity index (χ3n) is 4.18. The molecule has 3 N–H and O–H groups in total. The molecule has 2 aromatic rings. The summed E-state index contributed by atoms with van der Waals surface area (Å²) in [6.45, 7) is 3.54. The summed E-state index contributed by atoms with van der Waals surface area (Å²) in [7, 11) is 0. The summed E-state index contributed by atoms with van der Waals surface area (Å²) in [6.07, 6.45) is 1.87. The second-order valence-electron chi connectivity index (χ2n) is 6.15. The third-order valence-corrected chi connectivity index (χ3v) is 4.37. The fourth-order valence-electron chi connectivity index (χ4n) is 2.97. The SMILES string of the molecule is CC(Nc1cc(Cl)nc(N)n1)C(OC1CCOCC1)c1ccccc1. The van der Waals surface area contributed by atoms with Gasteiger partial charge in [-0.1, -0.05) is 41.9 Å². The zero-order valence-electron chi connectivity index (χ0n) is 14.2. The first kappa shape index (κ1) is 17.9. The molecule has 0 spiro atoms. The minimum absolute atomic E-state index is 0.0318. The molecule has 1 aliphatic heterocycles. The van der Waals surface area contributed by atoms with Gasteiger partial charge in [-0.15, -0.1) is 0 Å². The highest BCUT2D eigenvalue weighted by Crippen LogP contribution is 2.28. The van der Waals surface area contributed by atoms with E-state index in [2.05, 4.69) is 34.3 Å². The van der Waals surface area contributed by atoms with Crippen LogP contribution in [0.15, 0.2) is 36.4 Å². The molecule has 1 aliphatic rings. The number of hydrogen-bond donors (Lipinski definition) is 2. The molecule has 0 saturated carbocycles. The van der Waals surface area contributed by atoms with Gasteiger partial charge in [0.15, 0.2) is 0 Å². The highest BCUT2D eigenvalue weighted by atomic mass is 35.5. The second kappa shape index (κ2) is 8.47. The van der Waals surface area contributed by atoms with Crippen LogP contribution >= 0.6 is 11.6 Å². The number of rotatable bonds is 6. The van der Waals surface area contributed by atoms with E-state index in [-0.39, 0.29) is 24.2 Å². The zero-order chi connectivity index (χ0) is 17.6. The van der Waals surface area contributed by atoms with Gasteiger partial charge in [0.25, 0.3) is 0 Å². The van der Waals surface area contributed by atoms with Gasteiger partial charge in [0, 0.05) is 19.3 Å². The van der Waals surface area contributed by atoms with Crippen molar-refractivity contribution in [2.75, 3.05) is 24.3 Å². The van der Waals surface area contributed by atoms with Crippen molar-refractivity contribution in [1.29, 1.82) is 0 Å². The molecule has 3 rings (SSSR count). The van der Waals surface area contributed by atoms with Crippen LogP contribution in [0.25, 0.3) is 0 Å². The molecule has 0 bridgehead atoms. The quantitative estimate of drug-likeness (QED) is 0.766. The van der Waals surface area contributed by atoms with Gasteiger partial charge in [-0.3, -0.25) is 0 Å². The molecule has 0 aliphatic carbocycles. The van der Waals surface area contributed by atoms with E-state index >= 15 is 0 Å². The topological polar surface area (TPSA) is 82.3 Å². The smallest absolute Gasteiger partial charge is 0.223 e. The summed E-state index contributed by atoms with van der Waals surface area (Å²) in [6, 6.07) is 11.8. The predicted molar refractivity (Wildman–Crippen MR) is 98.6 cm³/mol. The normalized spacial score (nSPS) is 17.8. The van der Waals surface area contributed by atoms with Gasteiger partial charge in [0.05, 0.1) is 12.1 Å². The second-order valence-corrected chi connectivity index (χ2v) is 6.53.